The van der Waals surface area contributed by atoms with Crippen LogP contribution in [0.3, 0.4) is 0 Å². The molecule has 34 heavy (non-hydrogen) atoms. The van der Waals surface area contributed by atoms with Crippen molar-refractivity contribution in [1.29, 1.82) is 5.26 Å². The summed E-state index contributed by atoms with van der Waals surface area (Å²) in [4.78, 5) is 8.91. The minimum absolute atomic E-state index is 0.115. The quantitative estimate of drug-likeness (QED) is 0.502. The minimum atomic E-state index is -0.278. The summed E-state index contributed by atoms with van der Waals surface area (Å²) in [5.74, 6) is 1.28. The second-order valence-electron chi connectivity index (χ2n) is 8.62. The first-order chi connectivity index (χ1) is 16.6. The van der Waals surface area contributed by atoms with Crippen molar-refractivity contribution in [3.63, 3.8) is 0 Å². The summed E-state index contributed by atoms with van der Waals surface area (Å²) in [7, 11) is 0. The third-order valence-electron chi connectivity index (χ3n) is 6.34. The van der Waals surface area contributed by atoms with E-state index in [1.54, 1.807) is 24.4 Å². The van der Waals surface area contributed by atoms with Gasteiger partial charge in [0.2, 0.25) is 0 Å². The molecule has 2 saturated heterocycles. The van der Waals surface area contributed by atoms with Crippen LogP contribution in [-0.2, 0) is 18.0 Å². The first kappa shape index (κ1) is 22.7. The zero-order valence-corrected chi connectivity index (χ0v) is 19.6. The van der Waals surface area contributed by atoms with E-state index in [0.29, 0.717) is 23.5 Å². The van der Waals surface area contributed by atoms with Gasteiger partial charge in [0.25, 0.3) is 0 Å². The van der Waals surface area contributed by atoms with E-state index in [1.807, 2.05) is 15.3 Å². The molecule has 4 heterocycles. The predicted octanol–water partition coefficient (Wildman–Crippen LogP) is 3.45. The number of rotatable bonds is 6. The zero-order chi connectivity index (χ0) is 23.5. The minimum Gasteiger partial charge on any atom is -0.376 e. The van der Waals surface area contributed by atoms with E-state index in [9.17, 15) is 4.39 Å². The Morgan fingerprint density at radius 1 is 1.15 bits per heavy atom. The average Bonchev–Trinajstić information content (AvgIpc) is 3.49. The number of nitrogens with zero attached hydrogens (tertiary/aromatic N) is 7. The van der Waals surface area contributed by atoms with Crippen molar-refractivity contribution in [2.24, 2.45) is 0 Å². The van der Waals surface area contributed by atoms with E-state index in [0.717, 1.165) is 62.8 Å². The van der Waals surface area contributed by atoms with Crippen LogP contribution < -0.4 is 4.90 Å². The van der Waals surface area contributed by atoms with Crippen LogP contribution in [0.1, 0.15) is 18.4 Å². The van der Waals surface area contributed by atoms with Gasteiger partial charge in [0.05, 0.1) is 31.0 Å². The summed E-state index contributed by atoms with van der Waals surface area (Å²) < 4.78 is 23.9. The lowest BCUT2D eigenvalue weighted by Crippen LogP contribution is -2.47. The summed E-state index contributed by atoms with van der Waals surface area (Å²) in [5.41, 5.74) is 1.45. The predicted molar refractivity (Wildman–Crippen MR) is 128 cm³/mol. The molecular formula is C24H26FN7OS. The summed E-state index contributed by atoms with van der Waals surface area (Å²) >= 11 is 5.83. The Morgan fingerprint density at radius 3 is 2.65 bits per heavy atom. The van der Waals surface area contributed by atoms with Crippen LogP contribution in [0.4, 0.5) is 10.2 Å². The van der Waals surface area contributed by atoms with Crippen molar-refractivity contribution in [3.8, 4) is 17.5 Å². The maximum atomic E-state index is 13.5. The molecule has 2 fully saturated rings. The fourth-order valence-corrected chi connectivity index (χ4v) is 4.73. The van der Waals surface area contributed by atoms with Gasteiger partial charge in [0.15, 0.2) is 10.6 Å². The van der Waals surface area contributed by atoms with Crippen molar-refractivity contribution in [2.45, 2.75) is 32.2 Å². The van der Waals surface area contributed by atoms with Gasteiger partial charge < -0.3 is 9.64 Å². The molecule has 1 aromatic carbocycles. The van der Waals surface area contributed by atoms with Gasteiger partial charge in [0.1, 0.15) is 11.6 Å². The zero-order valence-electron chi connectivity index (χ0n) is 18.8. The van der Waals surface area contributed by atoms with Crippen LogP contribution in [-0.4, -0.2) is 63.1 Å². The molecule has 0 aliphatic carbocycles. The number of aromatic nitrogens is 4. The number of halogens is 1. The Kier molecular flexibility index (Phi) is 6.67. The lowest BCUT2D eigenvalue weighted by molar-refractivity contribution is 0.0966. The van der Waals surface area contributed by atoms with E-state index in [1.165, 1.54) is 12.1 Å². The van der Waals surface area contributed by atoms with E-state index in [2.05, 4.69) is 20.9 Å². The monoisotopic (exact) mass is 479 g/mol. The van der Waals surface area contributed by atoms with Crippen LogP contribution in [0.15, 0.2) is 42.6 Å². The summed E-state index contributed by atoms with van der Waals surface area (Å²) in [6.07, 6.45) is 3.84. The molecule has 1 atom stereocenters. The fraction of sp³-hybridized carbons (Fsp3) is 0.417. The summed E-state index contributed by atoms with van der Waals surface area (Å²) in [6.45, 7) is 5.24. The second-order valence-corrected chi connectivity index (χ2v) is 8.98. The van der Waals surface area contributed by atoms with E-state index < -0.39 is 0 Å². The van der Waals surface area contributed by atoms with Gasteiger partial charge in [-0.05, 0) is 61.5 Å². The lowest BCUT2D eigenvalue weighted by atomic mass is 10.2. The molecule has 10 heteroatoms. The number of pyridine rings is 1. The lowest BCUT2D eigenvalue weighted by Gasteiger charge is -2.35. The highest BCUT2D eigenvalue weighted by Crippen LogP contribution is 2.23. The standard InChI is InChI=1S/C24H26FN7OS/c25-20-5-3-19(4-6-20)23-28-32(24(34)31(23)16-21-2-1-13-33-21)17-29-9-11-30(12-10-29)22-14-18(15-26)7-8-27-22/h3-8,14,21H,1-2,9-13,16-17H2. The van der Waals surface area contributed by atoms with E-state index >= 15 is 0 Å². The molecule has 0 saturated carbocycles. The van der Waals surface area contributed by atoms with Gasteiger partial charge in [-0.25, -0.2) is 14.1 Å². The van der Waals surface area contributed by atoms with E-state index in [-0.39, 0.29) is 11.9 Å². The first-order valence-electron chi connectivity index (χ1n) is 11.5. The molecule has 2 aromatic heterocycles. The van der Waals surface area contributed by atoms with Crippen molar-refractivity contribution >= 4 is 18.0 Å². The highest BCUT2D eigenvalue weighted by Gasteiger charge is 2.23. The van der Waals surface area contributed by atoms with Gasteiger partial charge >= 0.3 is 0 Å². The highest BCUT2D eigenvalue weighted by atomic mass is 32.1. The van der Waals surface area contributed by atoms with Crippen LogP contribution in [0, 0.1) is 21.9 Å². The van der Waals surface area contributed by atoms with Gasteiger partial charge in [-0.15, -0.1) is 0 Å². The number of nitriles is 1. The summed E-state index contributed by atoms with van der Waals surface area (Å²) in [5, 5.41) is 14.0. The van der Waals surface area contributed by atoms with Gasteiger partial charge in [-0.1, -0.05) is 0 Å². The smallest absolute Gasteiger partial charge is 0.199 e. The van der Waals surface area contributed by atoms with E-state index in [4.69, 9.17) is 27.3 Å². The second kappa shape index (κ2) is 10.0. The molecule has 0 spiro atoms. The molecule has 0 N–H and O–H groups in total. The maximum Gasteiger partial charge on any atom is 0.199 e. The van der Waals surface area contributed by atoms with Crippen molar-refractivity contribution in [2.75, 3.05) is 37.7 Å². The Morgan fingerprint density at radius 2 is 1.94 bits per heavy atom. The number of ether oxygens (including phenoxy) is 1. The fourth-order valence-electron chi connectivity index (χ4n) is 4.47. The van der Waals surface area contributed by atoms with Crippen molar-refractivity contribution in [1.82, 2.24) is 24.2 Å². The first-order valence-corrected chi connectivity index (χ1v) is 11.9. The van der Waals surface area contributed by atoms with Crippen LogP contribution >= 0.6 is 12.2 Å². The summed E-state index contributed by atoms with van der Waals surface area (Å²) in [6, 6.07) is 12.1. The molecule has 2 aliphatic rings. The maximum absolute atomic E-state index is 13.5. The topological polar surface area (TPSA) is 75.1 Å². The van der Waals surface area contributed by atoms with Crippen LogP contribution in [0.2, 0.25) is 0 Å². The van der Waals surface area contributed by atoms with Gasteiger partial charge in [-0.2, -0.15) is 10.4 Å². The number of hydrogen-bond acceptors (Lipinski definition) is 7. The van der Waals surface area contributed by atoms with Gasteiger partial charge in [-0.3, -0.25) is 9.47 Å². The number of hydrogen-bond donors (Lipinski definition) is 0. The van der Waals surface area contributed by atoms with Crippen molar-refractivity contribution in [3.05, 3.63) is 58.7 Å². The molecular weight excluding hydrogens is 453 g/mol. The molecule has 176 valence electrons. The number of piperazine rings is 1. The van der Waals surface area contributed by atoms with Crippen molar-refractivity contribution < 1.29 is 9.13 Å². The number of benzene rings is 1. The highest BCUT2D eigenvalue weighted by molar-refractivity contribution is 7.71. The molecule has 3 aromatic rings. The number of anilines is 1. The largest absolute Gasteiger partial charge is 0.376 e. The molecule has 2 aliphatic heterocycles. The molecule has 0 radical (unpaired) electrons. The Labute approximate surface area is 202 Å². The Bertz CT molecular complexity index is 1240. The normalized spacial score (nSPS) is 18.8. The molecule has 0 bridgehead atoms. The molecule has 0 amide bonds. The molecule has 1 unspecified atom stereocenters. The Hall–Kier alpha value is -3.13. The molecule has 8 nitrogen and oxygen atoms in total. The van der Waals surface area contributed by atoms with Crippen LogP contribution in [0.5, 0.6) is 0 Å². The Balaban J connectivity index is 1.33. The molecule has 5 rings (SSSR count). The van der Waals surface area contributed by atoms with Crippen LogP contribution in [0.25, 0.3) is 11.4 Å². The average molecular weight is 480 g/mol. The third-order valence-corrected chi connectivity index (χ3v) is 6.77. The van der Waals surface area contributed by atoms with Gasteiger partial charge in [0, 0.05) is 44.5 Å². The third kappa shape index (κ3) is 4.87. The SMILES string of the molecule is N#Cc1ccnc(N2CCN(Cn3nc(-c4ccc(F)cc4)n(CC4CCCO4)c3=S)CC2)c1.